The number of hydrogen-bond donors (Lipinski definition) is 3. The zero-order valence-electron chi connectivity index (χ0n) is 12.8. The van der Waals surface area contributed by atoms with E-state index in [1.807, 2.05) is 0 Å². The summed E-state index contributed by atoms with van der Waals surface area (Å²) in [5.74, 6) is 2.43. The van der Waals surface area contributed by atoms with E-state index in [1.54, 1.807) is 0 Å². The van der Waals surface area contributed by atoms with Crippen LogP contribution in [0.25, 0.3) is 0 Å². The first-order valence-electron chi connectivity index (χ1n) is 8.83. The van der Waals surface area contributed by atoms with Crippen LogP contribution in [0.3, 0.4) is 0 Å². The molecule has 5 aliphatic rings. The predicted molar refractivity (Wildman–Crippen MR) is 80.6 cm³/mol. The van der Waals surface area contributed by atoms with Crippen LogP contribution in [0.1, 0.15) is 51.4 Å². The Morgan fingerprint density at radius 2 is 2.00 bits per heavy atom. The molecular formula is C17H28N2O2. The molecule has 5 fully saturated rings. The van der Waals surface area contributed by atoms with Gasteiger partial charge in [0.1, 0.15) is 0 Å². The zero-order valence-corrected chi connectivity index (χ0v) is 12.8. The van der Waals surface area contributed by atoms with E-state index < -0.39 is 0 Å². The average Bonchev–Trinajstić information content (AvgIpc) is 2.66. The second-order valence-corrected chi connectivity index (χ2v) is 8.19. The van der Waals surface area contributed by atoms with Gasteiger partial charge in [-0.25, -0.2) is 0 Å². The number of aliphatic hydroxyl groups excluding tert-OH is 1. The second kappa shape index (κ2) is 5.24. The van der Waals surface area contributed by atoms with Gasteiger partial charge < -0.3 is 15.7 Å². The molecule has 118 valence electrons. The van der Waals surface area contributed by atoms with Crippen LogP contribution in [-0.2, 0) is 4.79 Å². The SMILES string of the molecule is O=C1CC(NCC23CC4CC(CC(C4)C2O)C3)CCCN1. The maximum atomic E-state index is 11.7. The quantitative estimate of drug-likeness (QED) is 0.737. The topological polar surface area (TPSA) is 61.4 Å². The molecule has 1 heterocycles. The molecule has 0 spiro atoms. The lowest BCUT2D eigenvalue weighted by Crippen LogP contribution is -2.60. The highest BCUT2D eigenvalue weighted by molar-refractivity contribution is 5.76. The van der Waals surface area contributed by atoms with Crippen molar-refractivity contribution in [3.63, 3.8) is 0 Å². The van der Waals surface area contributed by atoms with E-state index >= 15 is 0 Å². The number of carbonyl (C=O) groups is 1. The van der Waals surface area contributed by atoms with E-state index in [1.165, 1.54) is 32.1 Å². The Labute approximate surface area is 127 Å². The molecule has 4 unspecified atom stereocenters. The van der Waals surface area contributed by atoms with Crippen molar-refractivity contribution in [2.24, 2.45) is 23.2 Å². The summed E-state index contributed by atoms with van der Waals surface area (Å²) in [6.45, 7) is 1.73. The molecule has 1 saturated heterocycles. The van der Waals surface area contributed by atoms with E-state index in [4.69, 9.17) is 0 Å². The molecule has 4 heteroatoms. The van der Waals surface area contributed by atoms with Crippen LogP contribution in [0.5, 0.6) is 0 Å². The standard InChI is InChI=1S/C17H28N2O2/c20-15-7-14(2-1-3-18-15)19-10-17-8-11-4-12(9-17)6-13(5-11)16(17)21/h11-14,16,19,21H,1-10H2,(H,18,20). The molecule has 1 amide bonds. The minimum Gasteiger partial charge on any atom is -0.392 e. The normalized spacial score (nSPS) is 49.0. The molecular weight excluding hydrogens is 264 g/mol. The molecule has 0 aromatic carbocycles. The van der Waals surface area contributed by atoms with Crippen LogP contribution in [0.4, 0.5) is 0 Å². The van der Waals surface area contributed by atoms with Gasteiger partial charge in [0.25, 0.3) is 0 Å². The first kappa shape index (κ1) is 14.0. The van der Waals surface area contributed by atoms with Crippen molar-refractivity contribution in [1.82, 2.24) is 10.6 Å². The summed E-state index contributed by atoms with van der Waals surface area (Å²) in [7, 11) is 0. The monoisotopic (exact) mass is 292 g/mol. The molecule has 0 radical (unpaired) electrons. The minimum atomic E-state index is -0.114. The van der Waals surface area contributed by atoms with E-state index in [9.17, 15) is 9.90 Å². The molecule has 21 heavy (non-hydrogen) atoms. The fourth-order valence-corrected chi connectivity index (χ4v) is 5.93. The summed E-state index contributed by atoms with van der Waals surface area (Å²) in [6, 6.07) is 0.299. The molecule has 0 aromatic rings. The van der Waals surface area contributed by atoms with Crippen molar-refractivity contribution in [1.29, 1.82) is 0 Å². The highest BCUT2D eigenvalue weighted by Gasteiger charge is 2.56. The molecule has 0 aromatic heterocycles. The third-order valence-corrected chi connectivity index (χ3v) is 6.63. The first-order chi connectivity index (χ1) is 10.1. The van der Waals surface area contributed by atoms with Crippen molar-refractivity contribution in [2.75, 3.05) is 13.1 Å². The summed E-state index contributed by atoms with van der Waals surface area (Å²) in [5.41, 5.74) is 0.109. The Kier molecular flexibility index (Phi) is 3.49. The largest absolute Gasteiger partial charge is 0.392 e. The van der Waals surface area contributed by atoms with Gasteiger partial charge in [0, 0.05) is 31.0 Å². The van der Waals surface area contributed by atoms with Gasteiger partial charge in [-0.15, -0.1) is 0 Å². The number of nitrogens with one attached hydrogen (secondary N) is 2. The fourth-order valence-electron chi connectivity index (χ4n) is 5.93. The predicted octanol–water partition coefficient (Wildman–Crippen LogP) is 1.43. The Hall–Kier alpha value is -0.610. The number of rotatable bonds is 3. The van der Waals surface area contributed by atoms with E-state index in [0.29, 0.717) is 18.4 Å². The lowest BCUT2D eigenvalue weighted by molar-refractivity contribution is -0.154. The van der Waals surface area contributed by atoms with Gasteiger partial charge in [-0.2, -0.15) is 0 Å². The maximum absolute atomic E-state index is 11.7. The van der Waals surface area contributed by atoms with Crippen molar-refractivity contribution >= 4 is 5.91 Å². The molecule has 4 atom stereocenters. The third-order valence-electron chi connectivity index (χ3n) is 6.63. The molecule has 4 nitrogen and oxygen atoms in total. The smallest absolute Gasteiger partial charge is 0.221 e. The van der Waals surface area contributed by atoms with Crippen LogP contribution < -0.4 is 10.6 Å². The Morgan fingerprint density at radius 1 is 1.24 bits per heavy atom. The molecule has 1 aliphatic heterocycles. The van der Waals surface area contributed by atoms with Gasteiger partial charge in [0.15, 0.2) is 0 Å². The zero-order chi connectivity index (χ0) is 14.4. The highest BCUT2D eigenvalue weighted by Crippen LogP contribution is 2.59. The average molecular weight is 292 g/mol. The van der Waals surface area contributed by atoms with Gasteiger partial charge in [-0.3, -0.25) is 4.79 Å². The fraction of sp³-hybridized carbons (Fsp3) is 0.941. The summed E-state index contributed by atoms with van der Waals surface area (Å²) in [4.78, 5) is 11.7. The van der Waals surface area contributed by atoms with E-state index in [2.05, 4.69) is 10.6 Å². The Morgan fingerprint density at radius 3 is 2.76 bits per heavy atom. The van der Waals surface area contributed by atoms with E-state index in [-0.39, 0.29) is 17.4 Å². The second-order valence-electron chi connectivity index (χ2n) is 8.19. The van der Waals surface area contributed by atoms with Crippen LogP contribution >= 0.6 is 0 Å². The molecule has 3 N–H and O–H groups in total. The molecule has 4 bridgehead atoms. The number of hydrogen-bond acceptors (Lipinski definition) is 3. The summed E-state index contributed by atoms with van der Waals surface area (Å²) < 4.78 is 0. The lowest BCUT2D eigenvalue weighted by Gasteiger charge is -2.60. The van der Waals surface area contributed by atoms with Crippen molar-refractivity contribution < 1.29 is 9.90 Å². The van der Waals surface area contributed by atoms with E-state index in [0.717, 1.165) is 37.8 Å². The first-order valence-corrected chi connectivity index (χ1v) is 8.83. The van der Waals surface area contributed by atoms with Crippen LogP contribution in [0, 0.1) is 23.2 Å². The van der Waals surface area contributed by atoms with Gasteiger partial charge in [-0.05, 0) is 62.7 Å². The van der Waals surface area contributed by atoms with Gasteiger partial charge in [0.05, 0.1) is 6.10 Å². The van der Waals surface area contributed by atoms with Gasteiger partial charge in [-0.1, -0.05) is 0 Å². The van der Waals surface area contributed by atoms with Crippen LogP contribution in [-0.4, -0.2) is 36.2 Å². The molecule has 4 aliphatic carbocycles. The molecule has 4 saturated carbocycles. The number of carbonyl (C=O) groups excluding carboxylic acids is 1. The van der Waals surface area contributed by atoms with Crippen molar-refractivity contribution in [3.8, 4) is 0 Å². The summed E-state index contributed by atoms with van der Waals surface area (Å²) in [6.07, 6.45) is 8.93. The van der Waals surface area contributed by atoms with Gasteiger partial charge >= 0.3 is 0 Å². The Bertz CT molecular complexity index is 411. The van der Waals surface area contributed by atoms with Crippen LogP contribution in [0.15, 0.2) is 0 Å². The van der Waals surface area contributed by atoms with Gasteiger partial charge in [0.2, 0.25) is 5.91 Å². The third kappa shape index (κ3) is 2.50. The minimum absolute atomic E-state index is 0.109. The summed E-state index contributed by atoms with van der Waals surface area (Å²) >= 11 is 0. The Balaban J connectivity index is 1.42. The number of amides is 1. The number of aliphatic hydroxyl groups is 1. The highest BCUT2D eigenvalue weighted by atomic mass is 16.3. The van der Waals surface area contributed by atoms with Crippen molar-refractivity contribution in [3.05, 3.63) is 0 Å². The van der Waals surface area contributed by atoms with Crippen molar-refractivity contribution in [2.45, 2.75) is 63.5 Å². The molecule has 5 rings (SSSR count). The van der Waals surface area contributed by atoms with Crippen LogP contribution in [0.2, 0.25) is 0 Å². The maximum Gasteiger partial charge on any atom is 0.221 e. The lowest BCUT2D eigenvalue weighted by atomic mass is 9.48. The summed E-state index contributed by atoms with van der Waals surface area (Å²) in [5, 5.41) is 17.4.